The second kappa shape index (κ2) is 5.48. The van der Waals surface area contributed by atoms with Gasteiger partial charge in [0.15, 0.2) is 0 Å². The van der Waals surface area contributed by atoms with Gasteiger partial charge in [-0.05, 0) is 18.2 Å². The van der Waals surface area contributed by atoms with E-state index in [0.717, 1.165) is 0 Å². The lowest BCUT2D eigenvalue weighted by Gasteiger charge is -2.18. The molecule has 0 spiro atoms. The highest BCUT2D eigenvalue weighted by molar-refractivity contribution is 5.92. The number of benzene rings is 1. The van der Waals surface area contributed by atoms with Gasteiger partial charge in [0.2, 0.25) is 5.91 Å². The van der Waals surface area contributed by atoms with Gasteiger partial charge in [0.1, 0.15) is 12.3 Å². The van der Waals surface area contributed by atoms with E-state index in [4.69, 9.17) is 5.73 Å². The summed E-state index contributed by atoms with van der Waals surface area (Å²) in [5.41, 5.74) is 6.26. The first kappa shape index (κ1) is 13.7. The number of pyridine rings is 1. The number of nitrogens with two attached hydrogens (primary N) is 1. The molecule has 104 valence electrons. The number of hydrogen-bond acceptors (Lipinski definition) is 4. The lowest BCUT2D eigenvalue weighted by molar-refractivity contribution is -0.118. The second-order valence-corrected chi connectivity index (χ2v) is 4.40. The van der Waals surface area contributed by atoms with Gasteiger partial charge in [-0.1, -0.05) is 6.07 Å². The number of aromatic nitrogens is 1. The zero-order valence-electron chi connectivity index (χ0n) is 11.0. The Hall–Kier alpha value is -2.76. The molecule has 0 fully saturated rings. The molecule has 2 aromatic rings. The summed E-state index contributed by atoms with van der Waals surface area (Å²) in [7, 11) is 1.58. The molecule has 20 heavy (non-hydrogen) atoms. The van der Waals surface area contributed by atoms with Crippen LogP contribution in [0.3, 0.4) is 0 Å². The minimum atomic E-state index is -0.295. The number of phenols is 1. The minimum absolute atomic E-state index is 0.0725. The van der Waals surface area contributed by atoms with Gasteiger partial charge in [-0.25, -0.2) is 0 Å². The van der Waals surface area contributed by atoms with Crippen molar-refractivity contribution in [3.8, 4) is 5.75 Å². The normalized spacial score (nSPS) is 10.2. The molecule has 0 unspecified atom stereocenters. The van der Waals surface area contributed by atoms with Crippen molar-refractivity contribution in [1.29, 1.82) is 0 Å². The lowest BCUT2D eigenvalue weighted by Crippen LogP contribution is -2.33. The van der Waals surface area contributed by atoms with Crippen LogP contribution in [0.4, 0.5) is 11.4 Å². The van der Waals surface area contributed by atoms with E-state index in [1.54, 1.807) is 19.2 Å². The van der Waals surface area contributed by atoms with E-state index in [9.17, 15) is 14.7 Å². The number of carbonyl (C=O) groups is 1. The average Bonchev–Trinajstić information content (AvgIpc) is 2.42. The summed E-state index contributed by atoms with van der Waals surface area (Å²) in [4.78, 5) is 25.1. The Morgan fingerprint density at radius 1 is 1.35 bits per heavy atom. The Bertz CT molecular complexity index is 694. The first-order valence-electron chi connectivity index (χ1n) is 5.99. The third-order valence-electron chi connectivity index (χ3n) is 2.90. The number of amides is 1. The highest BCUT2D eigenvalue weighted by Crippen LogP contribution is 2.19. The van der Waals surface area contributed by atoms with Crippen molar-refractivity contribution in [2.75, 3.05) is 17.7 Å². The molecule has 2 rings (SSSR count). The fourth-order valence-corrected chi connectivity index (χ4v) is 1.77. The van der Waals surface area contributed by atoms with Crippen LogP contribution in [0.1, 0.15) is 0 Å². The maximum absolute atomic E-state index is 12.1. The molecule has 3 N–H and O–H groups in total. The molecule has 0 bridgehead atoms. The summed E-state index contributed by atoms with van der Waals surface area (Å²) in [6, 6.07) is 9.13. The zero-order valence-corrected chi connectivity index (χ0v) is 11.0. The number of nitrogens with zero attached hydrogens (tertiary/aromatic N) is 2. The van der Waals surface area contributed by atoms with E-state index in [2.05, 4.69) is 0 Å². The van der Waals surface area contributed by atoms with E-state index in [1.165, 1.54) is 39.9 Å². The maximum Gasteiger partial charge on any atom is 0.251 e. The number of nitrogen functional groups attached to an aromatic ring is 1. The van der Waals surface area contributed by atoms with Gasteiger partial charge < -0.3 is 20.3 Å². The molecular formula is C14H15N3O3. The standard InChI is InChI=1S/C14H15N3O3/c1-16(11-3-2-4-12(18)7-11)14(20)9-17-8-10(15)5-6-13(17)19/h2-8,18H,9,15H2,1H3. The van der Waals surface area contributed by atoms with Crippen molar-refractivity contribution in [2.45, 2.75) is 6.54 Å². The molecule has 0 saturated heterocycles. The average molecular weight is 273 g/mol. The maximum atomic E-state index is 12.1. The second-order valence-electron chi connectivity index (χ2n) is 4.40. The van der Waals surface area contributed by atoms with Gasteiger partial charge in [-0.15, -0.1) is 0 Å². The molecule has 1 amide bonds. The van der Waals surface area contributed by atoms with Gasteiger partial charge in [0.25, 0.3) is 5.56 Å². The molecule has 0 saturated carbocycles. The number of phenolic OH excluding ortho intramolecular Hbond substituents is 1. The third kappa shape index (κ3) is 2.97. The van der Waals surface area contributed by atoms with Crippen LogP contribution in [0.15, 0.2) is 47.4 Å². The number of hydrogen-bond donors (Lipinski definition) is 2. The van der Waals surface area contributed by atoms with E-state index >= 15 is 0 Å². The van der Waals surface area contributed by atoms with E-state index < -0.39 is 0 Å². The molecule has 6 nitrogen and oxygen atoms in total. The summed E-state index contributed by atoms with van der Waals surface area (Å²) < 4.78 is 1.25. The van der Waals surface area contributed by atoms with Crippen LogP contribution >= 0.6 is 0 Å². The molecule has 1 heterocycles. The highest BCUT2D eigenvalue weighted by atomic mass is 16.3. The first-order chi connectivity index (χ1) is 9.47. The number of anilines is 2. The molecule has 6 heteroatoms. The SMILES string of the molecule is CN(C(=O)Cn1cc(N)ccc1=O)c1cccc(O)c1. The summed E-state index contributed by atoms with van der Waals surface area (Å²) >= 11 is 0. The molecular weight excluding hydrogens is 258 g/mol. The monoisotopic (exact) mass is 273 g/mol. The lowest BCUT2D eigenvalue weighted by atomic mass is 10.2. The van der Waals surface area contributed by atoms with Crippen molar-refractivity contribution < 1.29 is 9.90 Å². The van der Waals surface area contributed by atoms with Crippen LogP contribution in [0.5, 0.6) is 5.75 Å². The number of carbonyl (C=O) groups excluding carboxylic acids is 1. The largest absolute Gasteiger partial charge is 0.508 e. The van der Waals surface area contributed by atoms with E-state index in [0.29, 0.717) is 11.4 Å². The number of likely N-dealkylation sites (N-methyl/N-ethyl adjacent to an activating group) is 1. The van der Waals surface area contributed by atoms with Crippen molar-refractivity contribution in [1.82, 2.24) is 4.57 Å². The molecule has 0 aliphatic heterocycles. The Morgan fingerprint density at radius 2 is 2.10 bits per heavy atom. The van der Waals surface area contributed by atoms with Gasteiger partial charge in [0, 0.05) is 36.8 Å². The van der Waals surface area contributed by atoms with Crippen molar-refractivity contribution in [3.05, 3.63) is 52.9 Å². The fraction of sp³-hybridized carbons (Fsp3) is 0.143. The smallest absolute Gasteiger partial charge is 0.251 e. The molecule has 0 atom stereocenters. The van der Waals surface area contributed by atoms with Crippen LogP contribution in [-0.2, 0) is 11.3 Å². The Labute approximate surface area is 115 Å². The predicted molar refractivity (Wildman–Crippen MR) is 76.6 cm³/mol. The van der Waals surface area contributed by atoms with Crippen LogP contribution in [0.2, 0.25) is 0 Å². The Balaban J connectivity index is 2.20. The molecule has 0 aliphatic rings. The Kier molecular flexibility index (Phi) is 3.74. The number of rotatable bonds is 3. The van der Waals surface area contributed by atoms with Gasteiger partial charge in [0.05, 0.1) is 0 Å². The van der Waals surface area contributed by atoms with Crippen LogP contribution in [-0.4, -0.2) is 22.6 Å². The van der Waals surface area contributed by atoms with Gasteiger partial charge in [-0.3, -0.25) is 9.59 Å². The van der Waals surface area contributed by atoms with Gasteiger partial charge >= 0.3 is 0 Å². The predicted octanol–water partition coefficient (Wildman–Crippen LogP) is 0.799. The van der Waals surface area contributed by atoms with E-state index in [1.807, 2.05) is 0 Å². The van der Waals surface area contributed by atoms with Crippen molar-refractivity contribution >= 4 is 17.3 Å². The first-order valence-corrected chi connectivity index (χ1v) is 5.99. The van der Waals surface area contributed by atoms with Crippen LogP contribution < -0.4 is 16.2 Å². The Morgan fingerprint density at radius 3 is 2.80 bits per heavy atom. The third-order valence-corrected chi connectivity index (χ3v) is 2.90. The summed E-state index contributed by atoms with van der Waals surface area (Å²) in [5, 5.41) is 9.40. The molecule has 1 aromatic heterocycles. The summed E-state index contributed by atoms with van der Waals surface area (Å²) in [6.07, 6.45) is 1.43. The van der Waals surface area contributed by atoms with Crippen LogP contribution in [0, 0.1) is 0 Å². The van der Waals surface area contributed by atoms with Gasteiger partial charge in [-0.2, -0.15) is 0 Å². The summed E-state index contributed by atoms with van der Waals surface area (Å²) in [5.74, 6) is -0.216. The van der Waals surface area contributed by atoms with Crippen molar-refractivity contribution in [3.63, 3.8) is 0 Å². The zero-order chi connectivity index (χ0) is 14.7. The number of aromatic hydroxyl groups is 1. The fourth-order valence-electron chi connectivity index (χ4n) is 1.77. The summed E-state index contributed by atoms with van der Waals surface area (Å²) in [6.45, 7) is -0.115. The molecule has 0 aliphatic carbocycles. The highest BCUT2D eigenvalue weighted by Gasteiger charge is 2.12. The minimum Gasteiger partial charge on any atom is -0.508 e. The molecule has 0 radical (unpaired) electrons. The quantitative estimate of drug-likeness (QED) is 0.865. The topological polar surface area (TPSA) is 88.6 Å². The van der Waals surface area contributed by atoms with Crippen LogP contribution in [0.25, 0.3) is 0 Å². The molecule has 1 aromatic carbocycles. The van der Waals surface area contributed by atoms with E-state index in [-0.39, 0.29) is 23.8 Å². The van der Waals surface area contributed by atoms with Crippen molar-refractivity contribution in [2.24, 2.45) is 0 Å².